The normalized spacial score (nSPS) is 22.0. The Balaban J connectivity index is 0.00000211. The van der Waals surface area contributed by atoms with Crippen LogP contribution in [0, 0.1) is 17.2 Å². The van der Waals surface area contributed by atoms with Crippen LogP contribution in [0.1, 0.15) is 104 Å². The number of amides is 2. The van der Waals surface area contributed by atoms with Gasteiger partial charge >= 0.3 is 0 Å². The summed E-state index contributed by atoms with van der Waals surface area (Å²) in [5.74, 6) is -1.93. The number of rotatable bonds is 5. The number of halogens is 2. The number of nitrogens with zero attached hydrogens (tertiary/aromatic N) is 1. The molecule has 198 valence electrons. The van der Waals surface area contributed by atoms with E-state index in [0.29, 0.717) is 13.0 Å². The lowest BCUT2D eigenvalue weighted by Crippen LogP contribution is -2.50. The fourth-order valence-electron chi connectivity index (χ4n) is 5.17. The first-order valence-electron chi connectivity index (χ1n) is 13.0. The molecule has 2 aliphatic rings. The molecule has 1 heterocycles. The minimum Gasteiger partial charge on any atom is -0.342 e. The molecule has 1 aromatic rings. The third-order valence-electron chi connectivity index (χ3n) is 6.94. The van der Waals surface area contributed by atoms with Crippen LogP contribution in [0.4, 0.5) is 8.78 Å². The van der Waals surface area contributed by atoms with Crippen molar-refractivity contribution in [3.8, 4) is 0 Å². The Morgan fingerprint density at radius 3 is 2.31 bits per heavy atom. The number of nitrogens with one attached hydrogen (secondary N) is 1. The quantitative estimate of drug-likeness (QED) is 0.530. The average Bonchev–Trinajstić information content (AvgIpc) is 2.83. The summed E-state index contributed by atoms with van der Waals surface area (Å²) in [5, 5.41) is 2.72. The van der Waals surface area contributed by atoms with E-state index >= 15 is 8.78 Å². The zero-order valence-corrected chi connectivity index (χ0v) is 22.2. The number of piperidine rings is 1. The van der Waals surface area contributed by atoms with Crippen molar-refractivity contribution >= 4 is 17.6 Å². The molecule has 2 amide bonds. The first-order chi connectivity index (χ1) is 16.4. The molecule has 0 bridgehead atoms. The van der Waals surface area contributed by atoms with E-state index in [1.54, 1.807) is 20.8 Å². The van der Waals surface area contributed by atoms with Crippen molar-refractivity contribution < 1.29 is 24.6 Å². The van der Waals surface area contributed by atoms with Crippen molar-refractivity contribution in [1.82, 2.24) is 10.2 Å². The highest BCUT2D eigenvalue weighted by atomic mass is 19.1. The number of ketones is 1. The summed E-state index contributed by atoms with van der Waals surface area (Å²) in [6, 6.07) is 3.45. The second-order valence-corrected chi connectivity index (χ2v) is 10.7. The lowest BCUT2D eigenvalue weighted by atomic mass is 9.82. The molecule has 2 atom stereocenters. The van der Waals surface area contributed by atoms with Crippen molar-refractivity contribution in [2.45, 2.75) is 98.2 Å². The maximum Gasteiger partial charge on any atom is 0.254 e. The van der Waals surface area contributed by atoms with E-state index in [2.05, 4.69) is 5.32 Å². The zero-order valence-electron chi connectivity index (χ0n) is 22.2. The van der Waals surface area contributed by atoms with Gasteiger partial charge in [0.25, 0.3) is 5.91 Å². The molecular formula is C28H44F2N2O3. The van der Waals surface area contributed by atoms with Crippen LogP contribution < -0.4 is 5.32 Å². The van der Waals surface area contributed by atoms with Crippen LogP contribution in [0.2, 0.25) is 0 Å². The van der Waals surface area contributed by atoms with E-state index in [1.165, 1.54) is 30.0 Å². The minimum atomic E-state index is -2.08. The average molecular weight is 495 g/mol. The molecule has 1 saturated carbocycles. The Hall–Kier alpha value is -2.31. The summed E-state index contributed by atoms with van der Waals surface area (Å²) in [5.41, 5.74) is -3.23. The predicted octanol–water partition coefficient (Wildman–Crippen LogP) is 6.20. The monoisotopic (exact) mass is 494 g/mol. The SMILES string of the molecule is CC.CC(=O)[C@H](NC(=O)c1cccc([C@@]2(F)CCCN(C(=O)C(C)(C)C)C2)c1F)C1CCCCC1.[HH]. The molecule has 0 aromatic heterocycles. The van der Waals surface area contributed by atoms with Gasteiger partial charge in [-0.15, -0.1) is 0 Å². The van der Waals surface area contributed by atoms with E-state index < -0.39 is 28.8 Å². The molecule has 1 aromatic carbocycles. The Labute approximate surface area is 210 Å². The number of likely N-dealkylation sites (tertiary alicyclic amines) is 1. The van der Waals surface area contributed by atoms with Crippen LogP contribution in [-0.2, 0) is 15.3 Å². The van der Waals surface area contributed by atoms with Gasteiger partial charge < -0.3 is 10.2 Å². The maximum absolute atomic E-state index is 16.1. The first kappa shape index (κ1) is 28.9. The van der Waals surface area contributed by atoms with Crippen LogP contribution in [0.5, 0.6) is 0 Å². The Morgan fingerprint density at radius 1 is 1.11 bits per heavy atom. The highest BCUT2D eigenvalue weighted by molar-refractivity contribution is 5.98. The van der Waals surface area contributed by atoms with Gasteiger partial charge in [-0.1, -0.05) is 66.0 Å². The molecular weight excluding hydrogens is 450 g/mol. The number of hydrogen-bond acceptors (Lipinski definition) is 3. The topological polar surface area (TPSA) is 66.5 Å². The highest BCUT2D eigenvalue weighted by Crippen LogP contribution is 2.39. The summed E-state index contributed by atoms with van der Waals surface area (Å²) < 4.78 is 31.6. The predicted molar refractivity (Wildman–Crippen MR) is 136 cm³/mol. The highest BCUT2D eigenvalue weighted by Gasteiger charge is 2.43. The summed E-state index contributed by atoms with van der Waals surface area (Å²) in [4.78, 5) is 39.4. The molecule has 7 heteroatoms. The van der Waals surface area contributed by atoms with Crippen molar-refractivity contribution in [2.75, 3.05) is 13.1 Å². The third kappa shape index (κ3) is 6.89. The fourth-order valence-corrected chi connectivity index (χ4v) is 5.17. The number of alkyl halides is 1. The summed E-state index contributed by atoms with van der Waals surface area (Å²) in [6.45, 7) is 10.9. The van der Waals surface area contributed by atoms with Gasteiger partial charge in [-0.3, -0.25) is 14.4 Å². The number of carbonyl (C=O) groups excluding carboxylic acids is 3. The van der Waals surface area contributed by atoms with Crippen LogP contribution in [0.25, 0.3) is 0 Å². The number of Topliss-reactive ketones (excluding diaryl/α,β-unsaturated/α-hetero) is 1. The van der Waals surface area contributed by atoms with E-state index in [1.807, 2.05) is 13.8 Å². The van der Waals surface area contributed by atoms with Gasteiger partial charge in [0, 0.05) is 18.9 Å². The summed E-state index contributed by atoms with van der Waals surface area (Å²) >= 11 is 0. The molecule has 1 saturated heterocycles. The molecule has 1 aliphatic heterocycles. The van der Waals surface area contributed by atoms with E-state index in [9.17, 15) is 14.4 Å². The van der Waals surface area contributed by atoms with E-state index in [-0.39, 0.29) is 43.1 Å². The zero-order chi connectivity index (χ0) is 26.4. The lowest BCUT2D eigenvalue weighted by molar-refractivity contribution is -0.144. The molecule has 5 nitrogen and oxygen atoms in total. The second-order valence-electron chi connectivity index (χ2n) is 10.7. The van der Waals surface area contributed by atoms with Crippen molar-refractivity contribution in [3.63, 3.8) is 0 Å². The third-order valence-corrected chi connectivity index (χ3v) is 6.94. The number of benzene rings is 1. The fraction of sp³-hybridized carbons (Fsp3) is 0.679. The first-order valence-corrected chi connectivity index (χ1v) is 13.0. The Morgan fingerprint density at radius 2 is 1.74 bits per heavy atom. The molecule has 0 radical (unpaired) electrons. The van der Waals surface area contributed by atoms with E-state index in [0.717, 1.165) is 32.1 Å². The lowest BCUT2D eigenvalue weighted by Gasteiger charge is -2.40. The van der Waals surface area contributed by atoms with Gasteiger partial charge in [0.15, 0.2) is 11.5 Å². The van der Waals surface area contributed by atoms with Crippen molar-refractivity contribution in [1.29, 1.82) is 0 Å². The van der Waals surface area contributed by atoms with Gasteiger partial charge in [-0.05, 0) is 44.6 Å². The molecule has 2 fully saturated rings. The molecule has 35 heavy (non-hydrogen) atoms. The van der Waals surface area contributed by atoms with Gasteiger partial charge in [0.1, 0.15) is 5.82 Å². The van der Waals surface area contributed by atoms with Crippen LogP contribution in [0.3, 0.4) is 0 Å². The van der Waals surface area contributed by atoms with Crippen LogP contribution in [-0.4, -0.2) is 41.6 Å². The number of carbonyl (C=O) groups is 3. The Kier molecular flexibility index (Phi) is 9.99. The van der Waals surface area contributed by atoms with Gasteiger partial charge in [0.05, 0.1) is 18.2 Å². The molecule has 1 N–H and O–H groups in total. The van der Waals surface area contributed by atoms with Crippen molar-refractivity contribution in [2.24, 2.45) is 11.3 Å². The smallest absolute Gasteiger partial charge is 0.254 e. The van der Waals surface area contributed by atoms with Crippen LogP contribution >= 0.6 is 0 Å². The van der Waals surface area contributed by atoms with E-state index in [4.69, 9.17) is 0 Å². The molecule has 1 aliphatic carbocycles. The van der Waals surface area contributed by atoms with Gasteiger partial charge in [-0.25, -0.2) is 8.78 Å². The second kappa shape index (κ2) is 12.1. The minimum absolute atomic E-state index is 0. The van der Waals surface area contributed by atoms with Crippen molar-refractivity contribution in [3.05, 3.63) is 35.1 Å². The molecule has 0 unspecified atom stereocenters. The summed E-state index contributed by atoms with van der Waals surface area (Å²) in [6.07, 6.45) is 5.28. The van der Waals surface area contributed by atoms with Gasteiger partial charge in [0.2, 0.25) is 5.91 Å². The standard InChI is InChI=1S/C26H36F2N2O3.C2H6.H2/c1-17(31)22(18-10-6-5-7-11-18)29-23(32)19-12-8-13-20(21(19)27)26(28)14-9-15-30(16-26)24(33)25(2,3)4;1-2;/h8,12-13,18,22H,5-7,9-11,14-16H2,1-4H3,(H,29,32);1-2H3;1H/t22-,26+;;/m0../s1. The Bertz CT molecular complexity index is 913. The summed E-state index contributed by atoms with van der Waals surface area (Å²) in [7, 11) is 0. The molecule has 0 spiro atoms. The largest absolute Gasteiger partial charge is 0.342 e. The molecule has 3 rings (SSSR count). The maximum atomic E-state index is 16.1. The number of hydrogen-bond donors (Lipinski definition) is 1. The van der Waals surface area contributed by atoms with Gasteiger partial charge in [-0.2, -0.15) is 0 Å². The van der Waals surface area contributed by atoms with Crippen LogP contribution in [0.15, 0.2) is 18.2 Å².